The molecule has 1 fully saturated rings. The summed E-state index contributed by atoms with van der Waals surface area (Å²) in [7, 11) is 3.68. The number of benzene rings is 2. The fourth-order valence-electron chi connectivity index (χ4n) is 5.19. The van der Waals surface area contributed by atoms with E-state index in [0.717, 1.165) is 54.4 Å². The number of aromatic nitrogens is 4. The SMILES string of the molecule is COC[C@H](C(=O)Nc1cccc2c(-c3nc(Nc4ccc5[nH]ccc5c4)ncc3F)c[nH]c12)N1CCN(C)CC1. The van der Waals surface area contributed by atoms with Gasteiger partial charge in [0.15, 0.2) is 5.82 Å². The van der Waals surface area contributed by atoms with Gasteiger partial charge in [-0.25, -0.2) is 14.4 Å². The van der Waals surface area contributed by atoms with Crippen LogP contribution in [-0.2, 0) is 9.53 Å². The number of anilines is 3. The number of para-hydroxylation sites is 1. The number of amides is 1. The smallest absolute Gasteiger partial charge is 0.244 e. The second kappa shape index (κ2) is 11.0. The maximum absolute atomic E-state index is 15.0. The van der Waals surface area contributed by atoms with Crippen molar-refractivity contribution < 1.29 is 13.9 Å². The molecule has 1 saturated heterocycles. The van der Waals surface area contributed by atoms with Crippen molar-refractivity contribution >= 4 is 45.0 Å². The second-order valence-electron chi connectivity index (χ2n) is 10.0. The van der Waals surface area contributed by atoms with Gasteiger partial charge in [0.2, 0.25) is 11.9 Å². The van der Waals surface area contributed by atoms with Gasteiger partial charge in [-0.1, -0.05) is 12.1 Å². The summed E-state index contributed by atoms with van der Waals surface area (Å²) in [4.78, 5) is 32.8. The summed E-state index contributed by atoms with van der Waals surface area (Å²) >= 11 is 0. The Morgan fingerprint density at radius 2 is 2.00 bits per heavy atom. The minimum absolute atomic E-state index is 0.144. The van der Waals surface area contributed by atoms with E-state index < -0.39 is 11.9 Å². The van der Waals surface area contributed by atoms with Crippen LogP contribution in [0.4, 0.5) is 21.7 Å². The van der Waals surface area contributed by atoms with Crippen LogP contribution < -0.4 is 10.6 Å². The molecule has 11 heteroatoms. The van der Waals surface area contributed by atoms with Gasteiger partial charge in [-0.3, -0.25) is 9.69 Å². The monoisotopic (exact) mass is 542 g/mol. The summed E-state index contributed by atoms with van der Waals surface area (Å²) < 4.78 is 20.4. The fourth-order valence-corrected chi connectivity index (χ4v) is 5.19. The summed E-state index contributed by atoms with van der Waals surface area (Å²) in [5.74, 6) is -0.411. The Balaban J connectivity index is 1.26. The lowest BCUT2D eigenvalue weighted by molar-refractivity contribution is -0.124. The van der Waals surface area contributed by atoms with Crippen molar-refractivity contribution in [1.82, 2.24) is 29.7 Å². The van der Waals surface area contributed by atoms with Crippen LogP contribution in [0.25, 0.3) is 33.1 Å². The van der Waals surface area contributed by atoms with Crippen LogP contribution >= 0.6 is 0 Å². The highest BCUT2D eigenvalue weighted by molar-refractivity contribution is 6.06. The third-order valence-electron chi connectivity index (χ3n) is 7.39. The summed E-state index contributed by atoms with van der Waals surface area (Å²) in [5, 5.41) is 8.01. The summed E-state index contributed by atoms with van der Waals surface area (Å²) in [5.41, 5.74) is 3.83. The lowest BCUT2D eigenvalue weighted by atomic mass is 10.1. The van der Waals surface area contributed by atoms with E-state index in [1.165, 1.54) is 0 Å². The number of rotatable bonds is 8. The molecule has 2 aromatic carbocycles. The third kappa shape index (κ3) is 5.14. The van der Waals surface area contributed by atoms with Crippen molar-refractivity contribution in [3.05, 3.63) is 66.9 Å². The van der Waals surface area contributed by atoms with Gasteiger partial charge in [0, 0.05) is 73.2 Å². The number of halogens is 1. The van der Waals surface area contributed by atoms with E-state index in [4.69, 9.17) is 4.74 Å². The Hall–Kier alpha value is -4.32. The molecule has 206 valence electrons. The number of ether oxygens (including phenoxy) is 1. The van der Waals surface area contributed by atoms with E-state index in [1.54, 1.807) is 13.3 Å². The van der Waals surface area contributed by atoms with Gasteiger partial charge >= 0.3 is 0 Å². The Morgan fingerprint density at radius 1 is 1.15 bits per heavy atom. The van der Waals surface area contributed by atoms with Crippen LogP contribution in [0.1, 0.15) is 0 Å². The van der Waals surface area contributed by atoms with Crippen molar-refractivity contribution in [2.45, 2.75) is 6.04 Å². The molecule has 0 aliphatic carbocycles. The molecule has 0 spiro atoms. The van der Waals surface area contributed by atoms with Crippen LogP contribution in [0, 0.1) is 5.82 Å². The van der Waals surface area contributed by atoms with E-state index in [-0.39, 0.29) is 17.5 Å². The summed E-state index contributed by atoms with van der Waals surface area (Å²) in [6.45, 7) is 3.66. The van der Waals surface area contributed by atoms with E-state index in [1.807, 2.05) is 48.7 Å². The molecule has 0 bridgehead atoms. The number of aromatic amines is 2. The molecule has 4 N–H and O–H groups in total. The number of H-pyrrole nitrogens is 2. The van der Waals surface area contributed by atoms with Crippen molar-refractivity contribution in [3.63, 3.8) is 0 Å². The highest BCUT2D eigenvalue weighted by atomic mass is 19.1. The van der Waals surface area contributed by atoms with Gasteiger partial charge in [-0.15, -0.1) is 0 Å². The van der Waals surface area contributed by atoms with E-state index in [9.17, 15) is 4.79 Å². The second-order valence-corrected chi connectivity index (χ2v) is 10.0. The predicted molar refractivity (Wildman–Crippen MR) is 154 cm³/mol. The van der Waals surface area contributed by atoms with Gasteiger partial charge in [-0.05, 0) is 37.4 Å². The zero-order valence-corrected chi connectivity index (χ0v) is 22.4. The lowest BCUT2D eigenvalue weighted by Crippen LogP contribution is -2.54. The molecule has 40 heavy (non-hydrogen) atoms. The van der Waals surface area contributed by atoms with Crippen LogP contribution in [0.15, 0.2) is 61.1 Å². The number of nitrogens with zero attached hydrogens (tertiary/aromatic N) is 4. The number of methoxy groups -OCH3 is 1. The molecule has 3 aromatic heterocycles. The minimum atomic E-state index is -0.544. The molecule has 1 aliphatic rings. The average molecular weight is 543 g/mol. The quantitative estimate of drug-likeness (QED) is 0.233. The summed E-state index contributed by atoms with van der Waals surface area (Å²) in [6.07, 6.45) is 4.74. The van der Waals surface area contributed by atoms with Crippen LogP contribution in [0.5, 0.6) is 0 Å². The van der Waals surface area contributed by atoms with E-state index in [0.29, 0.717) is 23.4 Å². The molecule has 0 unspecified atom stereocenters. The first-order chi connectivity index (χ1) is 19.5. The number of nitrogens with one attached hydrogen (secondary N) is 4. The first-order valence-corrected chi connectivity index (χ1v) is 13.2. The Bertz CT molecular complexity index is 1660. The van der Waals surface area contributed by atoms with Gasteiger partial charge in [0.05, 0.1) is 24.0 Å². The maximum atomic E-state index is 15.0. The first-order valence-electron chi connectivity index (χ1n) is 13.2. The van der Waals surface area contributed by atoms with Crippen molar-refractivity contribution in [2.75, 3.05) is 57.6 Å². The van der Waals surface area contributed by atoms with Crippen molar-refractivity contribution in [2.24, 2.45) is 0 Å². The van der Waals surface area contributed by atoms with E-state index in [2.05, 4.69) is 47.4 Å². The lowest BCUT2D eigenvalue weighted by Gasteiger charge is -2.36. The van der Waals surface area contributed by atoms with Gasteiger partial charge in [-0.2, -0.15) is 0 Å². The summed E-state index contributed by atoms with van der Waals surface area (Å²) in [6, 6.07) is 12.9. The third-order valence-corrected chi connectivity index (χ3v) is 7.39. The average Bonchev–Trinajstić information content (AvgIpc) is 3.61. The van der Waals surface area contributed by atoms with E-state index >= 15 is 4.39 Å². The Kier molecular flexibility index (Phi) is 7.16. The fraction of sp³-hybridized carbons (Fsp3) is 0.276. The Labute approximate surface area is 230 Å². The number of fused-ring (bicyclic) bond motifs is 2. The molecule has 4 heterocycles. The molecule has 1 amide bonds. The number of hydrogen-bond donors (Lipinski definition) is 4. The van der Waals surface area contributed by atoms with Crippen LogP contribution in [0.2, 0.25) is 0 Å². The highest BCUT2D eigenvalue weighted by Crippen LogP contribution is 2.33. The minimum Gasteiger partial charge on any atom is -0.383 e. The maximum Gasteiger partial charge on any atom is 0.244 e. The van der Waals surface area contributed by atoms with Crippen molar-refractivity contribution in [1.29, 1.82) is 0 Å². The standard InChI is InChI=1S/C29H31FN8O2/c1-37-10-12-38(13-11-37)25(17-40-2)28(39)35-24-5-3-4-20-21(15-32-27(20)24)26-22(30)16-33-29(36-26)34-19-6-7-23-18(14-19)8-9-31-23/h3-9,14-16,25,31-32H,10-13,17H2,1-2H3,(H,35,39)(H,33,34,36)/t25-/m1/s1. The molecule has 10 nitrogen and oxygen atoms in total. The number of likely N-dealkylation sites (N-methyl/N-ethyl adjacent to an activating group) is 1. The topological polar surface area (TPSA) is 114 Å². The van der Waals surface area contributed by atoms with Gasteiger partial charge in [0.1, 0.15) is 11.7 Å². The number of carbonyl (C=O) groups excluding carboxylic acids is 1. The molecule has 6 rings (SSSR count). The van der Waals surface area contributed by atoms with Gasteiger partial charge < -0.3 is 30.2 Å². The largest absolute Gasteiger partial charge is 0.383 e. The zero-order valence-electron chi connectivity index (χ0n) is 22.4. The molecule has 0 saturated carbocycles. The molecular formula is C29H31FN8O2. The van der Waals surface area contributed by atoms with Crippen LogP contribution in [-0.4, -0.2) is 88.6 Å². The molecule has 1 atom stereocenters. The number of hydrogen-bond acceptors (Lipinski definition) is 7. The number of piperazine rings is 1. The Morgan fingerprint density at radius 3 is 2.83 bits per heavy atom. The molecule has 0 radical (unpaired) electrons. The highest BCUT2D eigenvalue weighted by Gasteiger charge is 2.29. The van der Waals surface area contributed by atoms with Crippen LogP contribution in [0.3, 0.4) is 0 Å². The molecule has 5 aromatic rings. The molecule has 1 aliphatic heterocycles. The predicted octanol–water partition coefficient (Wildman–Crippen LogP) is 4.19. The number of carbonyl (C=O) groups is 1. The zero-order chi connectivity index (χ0) is 27.6. The normalized spacial score (nSPS) is 15.5. The molecular weight excluding hydrogens is 511 g/mol. The van der Waals surface area contributed by atoms with Gasteiger partial charge in [0.25, 0.3) is 0 Å². The first kappa shape index (κ1) is 25.9. The van der Waals surface area contributed by atoms with Crippen molar-refractivity contribution in [3.8, 4) is 11.3 Å².